The van der Waals surface area contributed by atoms with Crippen molar-refractivity contribution >= 4 is 5.82 Å². The summed E-state index contributed by atoms with van der Waals surface area (Å²) in [4.78, 5) is 5.92. The van der Waals surface area contributed by atoms with Gasteiger partial charge in [-0.25, -0.2) is 4.98 Å². The van der Waals surface area contributed by atoms with Gasteiger partial charge in [-0.2, -0.15) is 23.5 Å². The third-order valence-electron chi connectivity index (χ3n) is 5.99. The quantitative estimate of drug-likeness (QED) is 0.794. The molecule has 2 saturated heterocycles. The highest BCUT2D eigenvalue weighted by Gasteiger charge is 2.41. The fourth-order valence-corrected chi connectivity index (χ4v) is 4.11. The number of β-amino-alcohol motifs (C(OH)–C–C–N with tert-alkyl or cyclic N) is 1. The average Bonchev–Trinajstić information content (AvgIpc) is 3.20. The number of aliphatic hydroxyl groups is 1. The normalized spacial score (nSPS) is 26.9. The van der Waals surface area contributed by atoms with E-state index in [1.807, 2.05) is 0 Å². The molecule has 2 fully saturated rings. The zero-order chi connectivity index (χ0) is 21.6. The number of pyridine rings is 1. The van der Waals surface area contributed by atoms with Crippen LogP contribution in [-0.2, 0) is 6.18 Å². The van der Waals surface area contributed by atoms with Gasteiger partial charge >= 0.3 is 6.18 Å². The lowest BCUT2D eigenvalue weighted by molar-refractivity contribution is -0.137. The zero-order valence-electron chi connectivity index (χ0n) is 16.7. The maximum absolute atomic E-state index is 13.7. The minimum absolute atomic E-state index is 0.0524. The Morgan fingerprint density at radius 2 is 2.10 bits per heavy atom. The molecule has 2 unspecified atom stereocenters. The van der Waals surface area contributed by atoms with Gasteiger partial charge in [-0.3, -0.25) is 4.68 Å². The predicted octanol–water partition coefficient (Wildman–Crippen LogP) is 2.72. The van der Waals surface area contributed by atoms with E-state index in [2.05, 4.69) is 22.3 Å². The number of nitrogens with one attached hydrogen (secondary N) is 1. The molecule has 4 heterocycles. The molecule has 2 aliphatic rings. The molecule has 160 valence electrons. The van der Waals surface area contributed by atoms with Crippen LogP contribution in [0.1, 0.15) is 43.9 Å². The predicted molar refractivity (Wildman–Crippen MR) is 104 cm³/mol. The topological polar surface area (TPSA) is 90.0 Å². The summed E-state index contributed by atoms with van der Waals surface area (Å²) in [6, 6.07) is 2.66. The highest BCUT2D eigenvalue weighted by atomic mass is 19.4. The minimum Gasteiger partial charge on any atom is -0.389 e. The summed E-state index contributed by atoms with van der Waals surface area (Å²) in [6.45, 7) is 4.76. The summed E-state index contributed by atoms with van der Waals surface area (Å²) in [5.74, 6) is -0.0524. The molecule has 10 heteroatoms. The number of hydrogen-bond acceptors (Lipinski definition) is 6. The van der Waals surface area contributed by atoms with Crippen molar-refractivity contribution in [1.29, 1.82) is 5.26 Å². The summed E-state index contributed by atoms with van der Waals surface area (Å²) in [5.41, 5.74) is -0.976. The molecule has 0 aliphatic carbocycles. The molecule has 7 nitrogen and oxygen atoms in total. The molecule has 0 spiro atoms. The number of hydrogen-bond donors (Lipinski definition) is 2. The molecular weight excluding hydrogens is 397 g/mol. The lowest BCUT2D eigenvalue weighted by Gasteiger charge is -2.44. The van der Waals surface area contributed by atoms with E-state index in [0.29, 0.717) is 11.6 Å². The Kier molecular flexibility index (Phi) is 5.20. The number of rotatable bonds is 3. The average molecular weight is 420 g/mol. The van der Waals surface area contributed by atoms with Crippen LogP contribution in [0.5, 0.6) is 0 Å². The summed E-state index contributed by atoms with van der Waals surface area (Å²) in [6.07, 6.45) is -0.376. The molecule has 2 aromatic rings. The van der Waals surface area contributed by atoms with E-state index in [-0.39, 0.29) is 24.1 Å². The second-order valence-electron chi connectivity index (χ2n) is 8.07. The lowest BCUT2D eigenvalue weighted by Crippen LogP contribution is -2.59. The Bertz CT molecular complexity index is 982. The fourth-order valence-electron chi connectivity index (χ4n) is 4.11. The zero-order valence-corrected chi connectivity index (χ0v) is 16.7. The molecule has 0 bridgehead atoms. The van der Waals surface area contributed by atoms with Crippen molar-refractivity contribution in [2.24, 2.45) is 0 Å². The maximum atomic E-state index is 13.7. The standard InChI is InChI=1S/C20H23F3N6O/c1-11-5-14(3-4-25-11)29-9-13(8-26-29)17-6-16(20(21,22)23)15(7-24)19(27-17)28-10-18(30)12(28)2/h6,8-9,11-12,14,18,25,30H,3-5,10H2,1-2H3/t11?,12-,14?,18+/m0/s1. The van der Waals surface area contributed by atoms with Crippen LogP contribution in [0.3, 0.4) is 0 Å². The SMILES string of the molecule is CC1CC(n2cc(-c3cc(C(F)(F)F)c(C#N)c(N4C[C@@H](O)[C@@H]4C)n3)cn2)CCN1. The number of alkyl halides is 3. The molecule has 0 aromatic carbocycles. The number of nitrogens with zero attached hydrogens (tertiary/aromatic N) is 5. The number of aromatic nitrogens is 3. The first kappa shape index (κ1) is 20.6. The summed E-state index contributed by atoms with van der Waals surface area (Å²) in [5, 5.41) is 27.0. The monoisotopic (exact) mass is 420 g/mol. The maximum Gasteiger partial charge on any atom is 0.417 e. The number of anilines is 1. The van der Waals surface area contributed by atoms with Gasteiger partial charge in [0, 0.05) is 24.3 Å². The molecule has 4 rings (SSSR count). The van der Waals surface area contributed by atoms with Gasteiger partial charge in [0.25, 0.3) is 0 Å². The third-order valence-corrected chi connectivity index (χ3v) is 5.99. The van der Waals surface area contributed by atoms with Crippen LogP contribution in [0, 0.1) is 11.3 Å². The van der Waals surface area contributed by atoms with Crippen molar-refractivity contribution in [2.45, 2.75) is 57.1 Å². The van der Waals surface area contributed by atoms with E-state index in [1.54, 1.807) is 23.9 Å². The third kappa shape index (κ3) is 3.63. The largest absolute Gasteiger partial charge is 0.417 e. The molecule has 0 saturated carbocycles. The van der Waals surface area contributed by atoms with Gasteiger partial charge in [0.2, 0.25) is 0 Å². The Morgan fingerprint density at radius 1 is 1.33 bits per heavy atom. The number of piperidine rings is 1. The molecule has 0 radical (unpaired) electrons. The number of nitriles is 1. The Morgan fingerprint density at radius 3 is 2.70 bits per heavy atom. The van der Waals surface area contributed by atoms with Crippen LogP contribution in [0.2, 0.25) is 0 Å². The molecule has 0 amide bonds. The lowest BCUT2D eigenvalue weighted by atomic mass is 9.98. The van der Waals surface area contributed by atoms with E-state index < -0.39 is 29.4 Å². The highest BCUT2D eigenvalue weighted by Crippen LogP contribution is 2.40. The summed E-state index contributed by atoms with van der Waals surface area (Å²) >= 11 is 0. The fraction of sp³-hybridized carbons (Fsp3) is 0.550. The van der Waals surface area contributed by atoms with Crippen molar-refractivity contribution in [3.8, 4) is 17.3 Å². The van der Waals surface area contributed by atoms with E-state index in [4.69, 9.17) is 0 Å². The van der Waals surface area contributed by atoms with E-state index in [9.17, 15) is 23.5 Å². The van der Waals surface area contributed by atoms with Gasteiger partial charge in [0.05, 0.1) is 35.6 Å². The van der Waals surface area contributed by atoms with Crippen LogP contribution in [0.4, 0.5) is 19.0 Å². The minimum atomic E-state index is -4.70. The molecular formula is C20H23F3N6O. The smallest absolute Gasteiger partial charge is 0.389 e. The van der Waals surface area contributed by atoms with Crippen LogP contribution in [-0.4, -0.2) is 51.1 Å². The van der Waals surface area contributed by atoms with Crippen molar-refractivity contribution in [3.63, 3.8) is 0 Å². The second kappa shape index (κ2) is 7.56. The van der Waals surface area contributed by atoms with Crippen LogP contribution < -0.4 is 10.2 Å². The van der Waals surface area contributed by atoms with Crippen LogP contribution in [0.15, 0.2) is 18.5 Å². The Hall–Kier alpha value is -2.64. The van der Waals surface area contributed by atoms with Gasteiger partial charge in [0.1, 0.15) is 17.5 Å². The first-order valence-electron chi connectivity index (χ1n) is 9.94. The summed E-state index contributed by atoms with van der Waals surface area (Å²) < 4.78 is 43.0. The van der Waals surface area contributed by atoms with Crippen molar-refractivity contribution in [2.75, 3.05) is 18.0 Å². The Balaban J connectivity index is 1.76. The Labute approximate surface area is 172 Å². The van der Waals surface area contributed by atoms with Gasteiger partial charge in [-0.1, -0.05) is 0 Å². The van der Waals surface area contributed by atoms with Gasteiger partial charge < -0.3 is 15.3 Å². The first-order chi connectivity index (χ1) is 14.2. The molecule has 30 heavy (non-hydrogen) atoms. The molecule has 2 N–H and O–H groups in total. The van der Waals surface area contributed by atoms with E-state index in [0.717, 1.165) is 25.5 Å². The van der Waals surface area contributed by atoms with Crippen molar-refractivity contribution in [1.82, 2.24) is 20.1 Å². The van der Waals surface area contributed by atoms with Crippen molar-refractivity contribution < 1.29 is 18.3 Å². The summed E-state index contributed by atoms with van der Waals surface area (Å²) in [7, 11) is 0. The first-order valence-corrected chi connectivity index (χ1v) is 9.94. The molecule has 2 aliphatic heterocycles. The molecule has 4 atom stereocenters. The van der Waals surface area contributed by atoms with Gasteiger partial charge in [-0.05, 0) is 39.3 Å². The van der Waals surface area contributed by atoms with Gasteiger partial charge in [0.15, 0.2) is 0 Å². The van der Waals surface area contributed by atoms with Crippen LogP contribution >= 0.6 is 0 Å². The number of halogens is 3. The van der Waals surface area contributed by atoms with E-state index >= 15 is 0 Å². The molecule has 2 aromatic heterocycles. The van der Waals surface area contributed by atoms with E-state index in [1.165, 1.54) is 11.1 Å². The van der Waals surface area contributed by atoms with Gasteiger partial charge in [-0.15, -0.1) is 0 Å². The van der Waals surface area contributed by atoms with Crippen LogP contribution in [0.25, 0.3) is 11.3 Å². The van der Waals surface area contributed by atoms with Crippen molar-refractivity contribution in [3.05, 3.63) is 29.6 Å². The number of aliphatic hydroxyl groups excluding tert-OH is 1. The highest BCUT2D eigenvalue weighted by molar-refractivity contribution is 5.69. The second-order valence-corrected chi connectivity index (χ2v) is 8.07.